The van der Waals surface area contributed by atoms with Crippen LogP contribution in [0.5, 0.6) is 5.75 Å². The molecule has 0 bridgehead atoms. The van der Waals surface area contributed by atoms with Gasteiger partial charge in [-0.3, -0.25) is 14.9 Å². The number of amides is 1. The van der Waals surface area contributed by atoms with Crippen LogP contribution in [0.25, 0.3) is 10.9 Å². The molecular weight excluding hydrogens is 322 g/mol. The van der Waals surface area contributed by atoms with E-state index >= 15 is 0 Å². The van der Waals surface area contributed by atoms with Gasteiger partial charge in [0, 0.05) is 17.5 Å². The first kappa shape index (κ1) is 16.4. The predicted molar refractivity (Wildman–Crippen MR) is 94.1 cm³/mol. The minimum absolute atomic E-state index is 0.0838. The molecule has 0 saturated heterocycles. The summed E-state index contributed by atoms with van der Waals surface area (Å²) in [5.41, 5.74) is 1.91. The number of carbonyl (C=O) groups is 1. The highest BCUT2D eigenvalue weighted by Crippen LogP contribution is 2.23. The number of nitrogens with one attached hydrogen (secondary N) is 1. The number of nitro benzene ring substituents is 1. The molecule has 0 fully saturated rings. The van der Waals surface area contributed by atoms with Gasteiger partial charge in [-0.05, 0) is 36.8 Å². The van der Waals surface area contributed by atoms with E-state index in [0.717, 1.165) is 10.9 Å². The standard InChI is InChI=1S/C18H15N3O4/c1-11-3-5-13(21(23)24)10-17(11)20-18(22)16-7-4-12-9-14(25-2)6-8-15(12)19-16/h3-10H,1-2H3,(H,20,22). The highest BCUT2D eigenvalue weighted by Gasteiger charge is 2.13. The molecule has 0 radical (unpaired) electrons. The van der Waals surface area contributed by atoms with Gasteiger partial charge in [0.05, 0.1) is 23.2 Å². The van der Waals surface area contributed by atoms with Crippen LogP contribution in [0.4, 0.5) is 11.4 Å². The fourth-order valence-electron chi connectivity index (χ4n) is 2.40. The lowest BCUT2D eigenvalue weighted by atomic mass is 10.1. The topological polar surface area (TPSA) is 94.4 Å². The van der Waals surface area contributed by atoms with Gasteiger partial charge in [0.2, 0.25) is 0 Å². The summed E-state index contributed by atoms with van der Waals surface area (Å²) in [6.07, 6.45) is 0. The van der Waals surface area contributed by atoms with E-state index in [9.17, 15) is 14.9 Å². The van der Waals surface area contributed by atoms with Crippen molar-refractivity contribution in [1.82, 2.24) is 4.98 Å². The van der Waals surface area contributed by atoms with Gasteiger partial charge in [0.15, 0.2) is 0 Å². The average Bonchev–Trinajstić information content (AvgIpc) is 2.62. The Balaban J connectivity index is 1.90. The molecule has 1 N–H and O–H groups in total. The summed E-state index contributed by atoms with van der Waals surface area (Å²) in [6, 6.07) is 13.1. The molecule has 0 atom stereocenters. The van der Waals surface area contributed by atoms with Crippen LogP contribution in [0.1, 0.15) is 16.1 Å². The summed E-state index contributed by atoms with van der Waals surface area (Å²) < 4.78 is 5.16. The summed E-state index contributed by atoms with van der Waals surface area (Å²) in [4.78, 5) is 27.2. The number of aryl methyl sites for hydroxylation is 1. The zero-order valence-electron chi connectivity index (χ0n) is 13.6. The molecule has 0 aliphatic rings. The van der Waals surface area contributed by atoms with Crippen molar-refractivity contribution in [2.24, 2.45) is 0 Å². The van der Waals surface area contributed by atoms with Crippen LogP contribution in [0.15, 0.2) is 48.5 Å². The number of hydrogen-bond acceptors (Lipinski definition) is 5. The maximum atomic E-state index is 12.4. The highest BCUT2D eigenvalue weighted by molar-refractivity contribution is 6.04. The molecular formula is C18H15N3O4. The SMILES string of the molecule is COc1ccc2nc(C(=O)Nc3cc([N+](=O)[O-])ccc3C)ccc2c1. The number of carbonyl (C=O) groups excluding carboxylic acids is 1. The van der Waals surface area contributed by atoms with Crippen LogP contribution >= 0.6 is 0 Å². The highest BCUT2D eigenvalue weighted by atomic mass is 16.6. The number of fused-ring (bicyclic) bond motifs is 1. The number of aromatic nitrogens is 1. The number of rotatable bonds is 4. The van der Waals surface area contributed by atoms with Crippen LogP contribution < -0.4 is 10.1 Å². The summed E-state index contributed by atoms with van der Waals surface area (Å²) in [5.74, 6) is 0.278. The van der Waals surface area contributed by atoms with Gasteiger partial charge in [-0.25, -0.2) is 4.98 Å². The van der Waals surface area contributed by atoms with Crippen LogP contribution in [-0.4, -0.2) is 22.9 Å². The first-order chi connectivity index (χ1) is 12.0. The largest absolute Gasteiger partial charge is 0.497 e. The first-order valence-electron chi connectivity index (χ1n) is 7.49. The minimum atomic E-state index is -0.503. The van der Waals surface area contributed by atoms with Gasteiger partial charge in [0.25, 0.3) is 11.6 Å². The molecule has 7 nitrogen and oxygen atoms in total. The predicted octanol–water partition coefficient (Wildman–Crippen LogP) is 3.71. The Hall–Kier alpha value is -3.48. The summed E-state index contributed by atoms with van der Waals surface area (Å²) in [6.45, 7) is 1.76. The molecule has 1 aromatic heterocycles. The van der Waals surface area contributed by atoms with E-state index in [1.54, 1.807) is 44.4 Å². The third-order valence-corrected chi connectivity index (χ3v) is 3.81. The Morgan fingerprint density at radius 3 is 2.68 bits per heavy atom. The molecule has 0 aliphatic carbocycles. The molecule has 0 unspecified atom stereocenters. The molecule has 3 aromatic rings. The van der Waals surface area contributed by atoms with Gasteiger partial charge in [-0.1, -0.05) is 12.1 Å². The Kier molecular flexibility index (Phi) is 4.30. The maximum Gasteiger partial charge on any atom is 0.274 e. The van der Waals surface area contributed by atoms with Crippen LogP contribution in [0.2, 0.25) is 0 Å². The van der Waals surface area contributed by atoms with Gasteiger partial charge >= 0.3 is 0 Å². The van der Waals surface area contributed by atoms with E-state index in [4.69, 9.17) is 4.74 Å². The number of hydrogen-bond donors (Lipinski definition) is 1. The third-order valence-electron chi connectivity index (χ3n) is 3.81. The quantitative estimate of drug-likeness (QED) is 0.578. The molecule has 3 rings (SSSR count). The van der Waals surface area contributed by atoms with Gasteiger partial charge in [-0.15, -0.1) is 0 Å². The van der Waals surface area contributed by atoms with Gasteiger partial charge in [0.1, 0.15) is 11.4 Å². The van der Waals surface area contributed by atoms with Crippen molar-refractivity contribution in [3.63, 3.8) is 0 Å². The summed E-state index contributed by atoms with van der Waals surface area (Å²) in [7, 11) is 1.58. The number of pyridine rings is 1. The lowest BCUT2D eigenvalue weighted by Gasteiger charge is -2.09. The number of nitro groups is 1. The molecule has 1 heterocycles. The Bertz CT molecular complexity index is 985. The van der Waals surface area contributed by atoms with Gasteiger partial charge < -0.3 is 10.1 Å². The smallest absolute Gasteiger partial charge is 0.274 e. The fourth-order valence-corrected chi connectivity index (χ4v) is 2.40. The van der Waals surface area contributed by atoms with Crippen molar-refractivity contribution < 1.29 is 14.5 Å². The summed E-state index contributed by atoms with van der Waals surface area (Å²) in [5, 5.41) is 14.4. The monoisotopic (exact) mass is 337 g/mol. The van der Waals surface area contributed by atoms with Crippen molar-refractivity contribution in [3.05, 3.63) is 69.9 Å². The van der Waals surface area contributed by atoms with Crippen LogP contribution in [-0.2, 0) is 0 Å². The van der Waals surface area contributed by atoms with Crippen molar-refractivity contribution in [2.75, 3.05) is 12.4 Å². The Morgan fingerprint density at radius 1 is 1.16 bits per heavy atom. The molecule has 1 amide bonds. The lowest BCUT2D eigenvalue weighted by Crippen LogP contribution is -2.14. The molecule has 2 aromatic carbocycles. The van der Waals surface area contributed by atoms with E-state index in [1.165, 1.54) is 12.1 Å². The molecule has 25 heavy (non-hydrogen) atoms. The van der Waals surface area contributed by atoms with Crippen molar-refractivity contribution in [2.45, 2.75) is 6.92 Å². The van der Waals surface area contributed by atoms with Crippen LogP contribution in [0.3, 0.4) is 0 Å². The lowest BCUT2D eigenvalue weighted by molar-refractivity contribution is -0.384. The van der Waals surface area contributed by atoms with Crippen molar-refractivity contribution >= 4 is 28.2 Å². The van der Waals surface area contributed by atoms with E-state index in [0.29, 0.717) is 17.0 Å². The minimum Gasteiger partial charge on any atom is -0.497 e. The third kappa shape index (κ3) is 3.40. The number of benzene rings is 2. The second kappa shape index (κ2) is 6.56. The zero-order valence-corrected chi connectivity index (χ0v) is 13.6. The maximum absolute atomic E-state index is 12.4. The molecule has 0 aliphatic heterocycles. The summed E-state index contributed by atoms with van der Waals surface area (Å²) >= 11 is 0. The fraction of sp³-hybridized carbons (Fsp3) is 0.111. The van der Waals surface area contributed by atoms with E-state index in [-0.39, 0.29) is 11.4 Å². The molecule has 0 spiro atoms. The van der Waals surface area contributed by atoms with Crippen LogP contribution in [0, 0.1) is 17.0 Å². The molecule has 7 heteroatoms. The number of anilines is 1. The molecule has 126 valence electrons. The number of nitrogens with zero attached hydrogens (tertiary/aromatic N) is 2. The second-order valence-corrected chi connectivity index (χ2v) is 5.47. The van der Waals surface area contributed by atoms with Crippen molar-refractivity contribution in [1.29, 1.82) is 0 Å². The Morgan fingerprint density at radius 2 is 1.96 bits per heavy atom. The number of ether oxygens (including phenoxy) is 1. The number of methoxy groups -OCH3 is 1. The Labute approximate surface area is 143 Å². The zero-order chi connectivity index (χ0) is 18.0. The normalized spacial score (nSPS) is 10.5. The van der Waals surface area contributed by atoms with Gasteiger partial charge in [-0.2, -0.15) is 0 Å². The molecule has 0 saturated carbocycles. The average molecular weight is 337 g/mol. The first-order valence-corrected chi connectivity index (χ1v) is 7.49. The van der Waals surface area contributed by atoms with E-state index in [2.05, 4.69) is 10.3 Å². The van der Waals surface area contributed by atoms with E-state index < -0.39 is 10.8 Å². The van der Waals surface area contributed by atoms with Crippen molar-refractivity contribution in [3.8, 4) is 5.75 Å². The second-order valence-electron chi connectivity index (χ2n) is 5.47. The number of non-ortho nitro benzene ring substituents is 1. The van der Waals surface area contributed by atoms with E-state index in [1.807, 2.05) is 6.07 Å².